The standard InChI is InChI=1S/C40H25Cl/c41-34-18-15-27(16-19-34)31-22-32(29-14-13-26-7-1-2-8-28(26)21-29)24-33(23-31)30-17-20-39-37-11-4-3-9-35(37)36-10-5-6-12-38(36)40(39)25-30/h1-25H. The van der Waals surface area contributed by atoms with Crippen LogP contribution in [0.15, 0.2) is 152 Å². The molecule has 0 spiro atoms. The van der Waals surface area contributed by atoms with Crippen LogP contribution in [0, 0.1) is 0 Å². The molecular formula is C40H25Cl. The predicted molar refractivity (Wildman–Crippen MR) is 178 cm³/mol. The van der Waals surface area contributed by atoms with Gasteiger partial charge in [-0.05, 0) is 119 Å². The fourth-order valence-electron chi connectivity index (χ4n) is 6.23. The van der Waals surface area contributed by atoms with Gasteiger partial charge >= 0.3 is 0 Å². The first kappa shape index (κ1) is 23.9. The van der Waals surface area contributed by atoms with Crippen LogP contribution in [0.25, 0.3) is 76.5 Å². The molecule has 0 N–H and O–H groups in total. The van der Waals surface area contributed by atoms with Crippen molar-refractivity contribution in [3.8, 4) is 33.4 Å². The summed E-state index contributed by atoms with van der Waals surface area (Å²) in [7, 11) is 0. The molecule has 0 radical (unpaired) electrons. The topological polar surface area (TPSA) is 0 Å². The molecule has 0 saturated carbocycles. The lowest BCUT2D eigenvalue weighted by Gasteiger charge is -2.14. The maximum absolute atomic E-state index is 6.25. The van der Waals surface area contributed by atoms with Gasteiger partial charge in [-0.25, -0.2) is 0 Å². The van der Waals surface area contributed by atoms with Gasteiger partial charge < -0.3 is 0 Å². The highest BCUT2D eigenvalue weighted by Gasteiger charge is 2.12. The fraction of sp³-hybridized carbons (Fsp3) is 0. The first-order valence-electron chi connectivity index (χ1n) is 14.0. The van der Waals surface area contributed by atoms with E-state index in [9.17, 15) is 0 Å². The molecule has 0 amide bonds. The molecule has 0 heterocycles. The van der Waals surface area contributed by atoms with Crippen molar-refractivity contribution in [3.05, 3.63) is 157 Å². The Morgan fingerprint density at radius 2 is 0.707 bits per heavy atom. The number of hydrogen-bond acceptors (Lipinski definition) is 0. The normalized spacial score (nSPS) is 11.5. The van der Waals surface area contributed by atoms with Crippen molar-refractivity contribution in [3.63, 3.8) is 0 Å². The van der Waals surface area contributed by atoms with E-state index in [0.717, 1.165) is 10.6 Å². The molecule has 0 nitrogen and oxygen atoms in total. The summed E-state index contributed by atoms with van der Waals surface area (Å²) in [6.45, 7) is 0. The van der Waals surface area contributed by atoms with Crippen molar-refractivity contribution in [2.45, 2.75) is 0 Å². The van der Waals surface area contributed by atoms with E-state index in [1.54, 1.807) is 0 Å². The second-order valence-corrected chi connectivity index (χ2v) is 11.2. The van der Waals surface area contributed by atoms with Crippen molar-refractivity contribution in [2.24, 2.45) is 0 Å². The zero-order chi connectivity index (χ0) is 27.3. The van der Waals surface area contributed by atoms with Crippen LogP contribution in [0.2, 0.25) is 5.02 Å². The van der Waals surface area contributed by atoms with Crippen LogP contribution in [0.5, 0.6) is 0 Å². The Labute approximate surface area is 244 Å². The zero-order valence-corrected chi connectivity index (χ0v) is 23.1. The summed E-state index contributed by atoms with van der Waals surface area (Å²) in [5, 5.41) is 11.0. The van der Waals surface area contributed by atoms with E-state index in [4.69, 9.17) is 11.6 Å². The van der Waals surface area contributed by atoms with E-state index in [0.29, 0.717) is 0 Å². The SMILES string of the molecule is Clc1ccc(-c2cc(-c3ccc4ccccc4c3)cc(-c3ccc4c5ccccc5c5ccccc5c4c3)c2)cc1. The van der Waals surface area contributed by atoms with Crippen LogP contribution in [-0.2, 0) is 0 Å². The molecule has 0 fully saturated rings. The summed E-state index contributed by atoms with van der Waals surface area (Å²) in [6, 6.07) is 54.8. The molecule has 8 rings (SSSR count). The zero-order valence-electron chi connectivity index (χ0n) is 22.3. The number of rotatable bonds is 3. The molecule has 0 saturated heterocycles. The maximum atomic E-state index is 6.25. The van der Waals surface area contributed by atoms with Crippen LogP contribution >= 0.6 is 11.6 Å². The van der Waals surface area contributed by atoms with Gasteiger partial charge in [0.2, 0.25) is 0 Å². The van der Waals surface area contributed by atoms with E-state index >= 15 is 0 Å². The second kappa shape index (κ2) is 9.63. The van der Waals surface area contributed by atoms with E-state index < -0.39 is 0 Å². The smallest absolute Gasteiger partial charge is 0.0406 e. The molecule has 0 aliphatic carbocycles. The molecule has 41 heavy (non-hydrogen) atoms. The van der Waals surface area contributed by atoms with Gasteiger partial charge in [-0.2, -0.15) is 0 Å². The van der Waals surface area contributed by atoms with Crippen molar-refractivity contribution in [2.75, 3.05) is 0 Å². The Morgan fingerprint density at radius 1 is 0.268 bits per heavy atom. The van der Waals surface area contributed by atoms with Gasteiger partial charge in [-0.1, -0.05) is 121 Å². The molecule has 0 aliphatic heterocycles. The summed E-state index contributed by atoms with van der Waals surface area (Å²) >= 11 is 6.25. The van der Waals surface area contributed by atoms with Gasteiger partial charge in [0, 0.05) is 5.02 Å². The molecule has 1 heteroatoms. The average molecular weight is 541 g/mol. The molecule has 0 unspecified atom stereocenters. The first-order chi connectivity index (χ1) is 20.2. The lowest BCUT2D eigenvalue weighted by atomic mass is 9.89. The number of fused-ring (bicyclic) bond motifs is 7. The fourth-order valence-corrected chi connectivity index (χ4v) is 6.35. The van der Waals surface area contributed by atoms with Gasteiger partial charge in [-0.15, -0.1) is 0 Å². The Kier molecular flexibility index (Phi) is 5.62. The van der Waals surface area contributed by atoms with Crippen LogP contribution in [0.3, 0.4) is 0 Å². The second-order valence-electron chi connectivity index (χ2n) is 10.7. The van der Waals surface area contributed by atoms with E-state index in [1.165, 1.54) is 70.9 Å². The summed E-state index contributed by atoms with van der Waals surface area (Å²) < 4.78 is 0. The average Bonchev–Trinajstić information content (AvgIpc) is 3.04. The van der Waals surface area contributed by atoms with Crippen molar-refractivity contribution in [1.82, 2.24) is 0 Å². The predicted octanol–water partition coefficient (Wildman–Crippen LogP) is 12.0. The third kappa shape index (κ3) is 4.16. The lowest BCUT2D eigenvalue weighted by Crippen LogP contribution is -1.88. The summed E-state index contributed by atoms with van der Waals surface area (Å²) in [5.41, 5.74) is 7.12. The largest absolute Gasteiger partial charge is 0.0843 e. The Bertz CT molecular complexity index is 2220. The third-order valence-corrected chi connectivity index (χ3v) is 8.52. The van der Waals surface area contributed by atoms with Gasteiger partial charge in [-0.3, -0.25) is 0 Å². The highest BCUT2D eigenvalue weighted by molar-refractivity contribution is 6.30. The number of halogens is 1. The van der Waals surface area contributed by atoms with Gasteiger partial charge in [0.15, 0.2) is 0 Å². The Balaban J connectivity index is 1.38. The molecule has 0 atom stereocenters. The Hall–Kier alpha value is -4.91. The molecule has 0 bridgehead atoms. The molecular weight excluding hydrogens is 516 g/mol. The van der Waals surface area contributed by atoms with Crippen molar-refractivity contribution >= 4 is 54.7 Å². The van der Waals surface area contributed by atoms with Crippen molar-refractivity contribution < 1.29 is 0 Å². The van der Waals surface area contributed by atoms with Crippen LogP contribution < -0.4 is 0 Å². The number of hydrogen-bond donors (Lipinski definition) is 0. The van der Waals surface area contributed by atoms with E-state index in [1.807, 2.05) is 12.1 Å². The first-order valence-corrected chi connectivity index (χ1v) is 14.3. The third-order valence-electron chi connectivity index (χ3n) is 8.27. The summed E-state index contributed by atoms with van der Waals surface area (Å²) in [5.74, 6) is 0. The van der Waals surface area contributed by atoms with Gasteiger partial charge in [0.05, 0.1) is 0 Å². The van der Waals surface area contributed by atoms with Gasteiger partial charge in [0.1, 0.15) is 0 Å². The van der Waals surface area contributed by atoms with Crippen molar-refractivity contribution in [1.29, 1.82) is 0 Å². The van der Waals surface area contributed by atoms with E-state index in [-0.39, 0.29) is 0 Å². The minimum Gasteiger partial charge on any atom is -0.0843 e. The van der Waals surface area contributed by atoms with E-state index in [2.05, 4.69) is 140 Å². The lowest BCUT2D eigenvalue weighted by molar-refractivity contribution is 1.58. The summed E-state index contributed by atoms with van der Waals surface area (Å²) in [6.07, 6.45) is 0. The van der Waals surface area contributed by atoms with Crippen LogP contribution in [-0.4, -0.2) is 0 Å². The number of benzene rings is 8. The minimum absolute atomic E-state index is 0.744. The van der Waals surface area contributed by atoms with Crippen LogP contribution in [0.4, 0.5) is 0 Å². The highest BCUT2D eigenvalue weighted by atomic mass is 35.5. The minimum atomic E-state index is 0.744. The van der Waals surface area contributed by atoms with Gasteiger partial charge in [0.25, 0.3) is 0 Å². The monoisotopic (exact) mass is 540 g/mol. The summed E-state index contributed by atoms with van der Waals surface area (Å²) in [4.78, 5) is 0. The maximum Gasteiger partial charge on any atom is 0.0406 e. The highest BCUT2D eigenvalue weighted by Crippen LogP contribution is 2.39. The molecule has 192 valence electrons. The quantitative estimate of drug-likeness (QED) is 0.195. The molecule has 8 aromatic rings. The molecule has 0 aliphatic rings. The Morgan fingerprint density at radius 3 is 1.34 bits per heavy atom. The van der Waals surface area contributed by atoms with Crippen LogP contribution in [0.1, 0.15) is 0 Å². The molecule has 0 aromatic heterocycles. The molecule has 8 aromatic carbocycles.